The zero-order valence-corrected chi connectivity index (χ0v) is 17.8. The number of Topliss-reactive ketones (excluding diaryl/α,β-unsaturated/α-hetero) is 1. The standard InChI is InChI=1S/C27H27NO3/c1-30-27-17-23(12-13-26(27)31-20-22-10-6-3-7-11-22)16-24-19-28(15-14-25(24)29)18-21-8-4-2-5-9-21/h2-13,16-17H,14-15,18-20H2,1H3/b24-16+. The largest absolute Gasteiger partial charge is 0.493 e. The molecule has 1 aliphatic rings. The predicted molar refractivity (Wildman–Crippen MR) is 123 cm³/mol. The molecule has 0 aliphatic carbocycles. The molecule has 31 heavy (non-hydrogen) atoms. The number of likely N-dealkylation sites (tertiary alicyclic amines) is 1. The van der Waals surface area contributed by atoms with Crippen molar-refractivity contribution in [3.63, 3.8) is 0 Å². The number of piperidine rings is 1. The van der Waals surface area contributed by atoms with Crippen LogP contribution in [0.15, 0.2) is 84.4 Å². The van der Waals surface area contributed by atoms with Gasteiger partial charge in [-0.2, -0.15) is 0 Å². The van der Waals surface area contributed by atoms with Crippen molar-refractivity contribution in [3.8, 4) is 11.5 Å². The molecule has 0 unspecified atom stereocenters. The van der Waals surface area contributed by atoms with E-state index >= 15 is 0 Å². The van der Waals surface area contributed by atoms with Crippen LogP contribution in [0.2, 0.25) is 0 Å². The Morgan fingerprint density at radius 3 is 2.32 bits per heavy atom. The molecule has 1 aliphatic heterocycles. The molecule has 4 nitrogen and oxygen atoms in total. The molecule has 0 N–H and O–H groups in total. The van der Waals surface area contributed by atoms with Crippen molar-refractivity contribution in [2.24, 2.45) is 0 Å². The van der Waals surface area contributed by atoms with Gasteiger partial charge in [0.05, 0.1) is 7.11 Å². The fourth-order valence-electron chi connectivity index (χ4n) is 3.76. The fraction of sp³-hybridized carbons (Fsp3) is 0.222. The molecule has 0 bridgehead atoms. The van der Waals surface area contributed by atoms with Crippen molar-refractivity contribution >= 4 is 11.9 Å². The molecule has 3 aromatic carbocycles. The molecule has 0 saturated carbocycles. The summed E-state index contributed by atoms with van der Waals surface area (Å²) >= 11 is 0. The van der Waals surface area contributed by atoms with Gasteiger partial charge < -0.3 is 9.47 Å². The van der Waals surface area contributed by atoms with E-state index in [1.54, 1.807) is 7.11 Å². The first-order valence-corrected chi connectivity index (χ1v) is 10.6. The van der Waals surface area contributed by atoms with Crippen LogP contribution >= 0.6 is 0 Å². The van der Waals surface area contributed by atoms with Gasteiger partial charge in [0.25, 0.3) is 0 Å². The number of ketones is 1. The van der Waals surface area contributed by atoms with Gasteiger partial charge >= 0.3 is 0 Å². The highest BCUT2D eigenvalue weighted by Crippen LogP contribution is 2.30. The van der Waals surface area contributed by atoms with Gasteiger partial charge in [-0.3, -0.25) is 9.69 Å². The molecule has 4 rings (SSSR count). The van der Waals surface area contributed by atoms with Gasteiger partial charge in [0, 0.05) is 31.6 Å². The van der Waals surface area contributed by atoms with Crippen molar-refractivity contribution < 1.29 is 14.3 Å². The number of carbonyl (C=O) groups is 1. The van der Waals surface area contributed by atoms with Crippen LogP contribution in [0.3, 0.4) is 0 Å². The average Bonchev–Trinajstić information content (AvgIpc) is 2.81. The van der Waals surface area contributed by atoms with Crippen molar-refractivity contribution in [2.75, 3.05) is 20.2 Å². The molecule has 3 aromatic rings. The zero-order valence-electron chi connectivity index (χ0n) is 17.8. The third-order valence-electron chi connectivity index (χ3n) is 5.42. The van der Waals surface area contributed by atoms with E-state index in [0.29, 0.717) is 31.1 Å². The maximum atomic E-state index is 12.5. The lowest BCUT2D eigenvalue weighted by Gasteiger charge is -2.28. The molecular weight excluding hydrogens is 386 g/mol. The molecule has 0 radical (unpaired) electrons. The number of ether oxygens (including phenoxy) is 2. The van der Waals surface area contributed by atoms with Gasteiger partial charge in [0.2, 0.25) is 0 Å². The smallest absolute Gasteiger partial charge is 0.161 e. The van der Waals surface area contributed by atoms with E-state index in [1.165, 1.54) is 5.56 Å². The summed E-state index contributed by atoms with van der Waals surface area (Å²) in [5, 5.41) is 0. The Labute approximate surface area is 183 Å². The van der Waals surface area contributed by atoms with Gasteiger partial charge in [0.15, 0.2) is 17.3 Å². The number of hydrogen-bond donors (Lipinski definition) is 0. The van der Waals surface area contributed by atoms with E-state index in [9.17, 15) is 4.79 Å². The summed E-state index contributed by atoms with van der Waals surface area (Å²) in [6, 6.07) is 26.2. The summed E-state index contributed by atoms with van der Waals surface area (Å²) in [5.74, 6) is 1.57. The first kappa shape index (κ1) is 20.9. The van der Waals surface area contributed by atoms with Gasteiger partial charge in [-0.1, -0.05) is 66.7 Å². The lowest BCUT2D eigenvalue weighted by atomic mass is 9.99. The van der Waals surface area contributed by atoms with Gasteiger partial charge in [-0.05, 0) is 34.9 Å². The summed E-state index contributed by atoms with van der Waals surface area (Å²) in [6.07, 6.45) is 2.52. The topological polar surface area (TPSA) is 38.8 Å². The minimum atomic E-state index is 0.215. The molecule has 1 heterocycles. The van der Waals surface area contributed by atoms with E-state index in [1.807, 2.05) is 60.7 Å². The highest BCUT2D eigenvalue weighted by molar-refractivity contribution is 6.00. The summed E-state index contributed by atoms with van der Waals surface area (Å²) < 4.78 is 11.5. The van der Waals surface area contributed by atoms with E-state index in [4.69, 9.17) is 9.47 Å². The Bertz CT molecular complexity index is 1040. The first-order valence-electron chi connectivity index (χ1n) is 10.6. The van der Waals surface area contributed by atoms with Crippen LogP contribution in [-0.2, 0) is 17.9 Å². The monoisotopic (exact) mass is 413 g/mol. The highest BCUT2D eigenvalue weighted by atomic mass is 16.5. The Kier molecular flexibility index (Phi) is 6.80. The van der Waals surface area contributed by atoms with Gasteiger partial charge in [-0.15, -0.1) is 0 Å². The van der Waals surface area contributed by atoms with E-state index < -0.39 is 0 Å². The fourth-order valence-corrected chi connectivity index (χ4v) is 3.76. The minimum Gasteiger partial charge on any atom is -0.493 e. The molecule has 1 saturated heterocycles. The molecule has 4 heteroatoms. The summed E-state index contributed by atoms with van der Waals surface area (Å²) in [5.41, 5.74) is 4.14. The third-order valence-corrected chi connectivity index (χ3v) is 5.42. The minimum absolute atomic E-state index is 0.215. The van der Waals surface area contributed by atoms with Gasteiger partial charge in [0.1, 0.15) is 6.61 Å². The summed E-state index contributed by atoms with van der Waals surface area (Å²) in [7, 11) is 1.63. The van der Waals surface area contributed by atoms with Crippen LogP contribution in [0, 0.1) is 0 Å². The number of nitrogens with zero attached hydrogens (tertiary/aromatic N) is 1. The second-order valence-electron chi connectivity index (χ2n) is 7.72. The van der Waals surface area contributed by atoms with Crippen LogP contribution in [0.1, 0.15) is 23.1 Å². The Balaban J connectivity index is 1.46. The lowest BCUT2D eigenvalue weighted by molar-refractivity contribution is -0.117. The summed E-state index contributed by atoms with van der Waals surface area (Å²) in [4.78, 5) is 14.8. The predicted octanol–water partition coefficient (Wildman–Crippen LogP) is 5.13. The van der Waals surface area contributed by atoms with Crippen molar-refractivity contribution in [3.05, 3.63) is 101 Å². The SMILES string of the molecule is COc1cc(/C=C2\CN(Cc3ccccc3)CCC2=O)ccc1OCc1ccccc1. The molecule has 0 amide bonds. The van der Waals surface area contributed by atoms with Crippen LogP contribution in [-0.4, -0.2) is 30.9 Å². The maximum Gasteiger partial charge on any atom is 0.161 e. The second-order valence-corrected chi connectivity index (χ2v) is 7.72. The second kappa shape index (κ2) is 10.1. The Morgan fingerprint density at radius 1 is 0.903 bits per heavy atom. The van der Waals surface area contributed by atoms with Crippen molar-refractivity contribution in [1.29, 1.82) is 0 Å². The third kappa shape index (κ3) is 5.62. The number of rotatable bonds is 7. The Morgan fingerprint density at radius 2 is 1.61 bits per heavy atom. The van der Waals surface area contributed by atoms with E-state index in [-0.39, 0.29) is 5.78 Å². The van der Waals surface area contributed by atoms with Crippen LogP contribution in [0.5, 0.6) is 11.5 Å². The van der Waals surface area contributed by atoms with Crippen LogP contribution < -0.4 is 9.47 Å². The molecular formula is C27H27NO3. The van der Waals surface area contributed by atoms with Crippen LogP contribution in [0.4, 0.5) is 0 Å². The highest BCUT2D eigenvalue weighted by Gasteiger charge is 2.21. The van der Waals surface area contributed by atoms with Gasteiger partial charge in [-0.25, -0.2) is 0 Å². The quantitative estimate of drug-likeness (QED) is 0.503. The first-order chi connectivity index (χ1) is 15.2. The normalized spacial score (nSPS) is 15.8. The van der Waals surface area contributed by atoms with Crippen molar-refractivity contribution in [2.45, 2.75) is 19.6 Å². The van der Waals surface area contributed by atoms with E-state index in [0.717, 1.165) is 29.8 Å². The number of carbonyl (C=O) groups excluding carboxylic acids is 1. The van der Waals surface area contributed by atoms with Crippen LogP contribution in [0.25, 0.3) is 6.08 Å². The molecule has 0 aromatic heterocycles. The van der Waals surface area contributed by atoms with Crippen molar-refractivity contribution in [1.82, 2.24) is 4.90 Å². The number of hydrogen-bond acceptors (Lipinski definition) is 4. The molecule has 0 spiro atoms. The number of benzene rings is 3. The Hall–Kier alpha value is -3.37. The van der Waals surface area contributed by atoms with E-state index in [2.05, 4.69) is 29.2 Å². The maximum absolute atomic E-state index is 12.5. The summed E-state index contributed by atoms with van der Waals surface area (Å²) in [6.45, 7) is 2.77. The zero-order chi connectivity index (χ0) is 21.5. The molecule has 0 atom stereocenters. The molecule has 158 valence electrons. The number of methoxy groups -OCH3 is 1. The lowest BCUT2D eigenvalue weighted by Crippen LogP contribution is -2.35. The molecule has 1 fully saturated rings. The average molecular weight is 414 g/mol.